The lowest BCUT2D eigenvalue weighted by Crippen LogP contribution is -2.15. The number of benzene rings is 2. The molecule has 5 heteroatoms. The number of carbonyl (C=O) groups excluding carboxylic acids is 1. The van der Waals surface area contributed by atoms with Crippen LogP contribution in [0.4, 0.5) is 0 Å². The minimum Gasteiger partial charge on any atom is -0.489 e. The van der Waals surface area contributed by atoms with E-state index in [0.29, 0.717) is 18.9 Å². The van der Waals surface area contributed by atoms with Gasteiger partial charge in [0.2, 0.25) is 0 Å². The van der Waals surface area contributed by atoms with Crippen molar-refractivity contribution < 1.29 is 14.3 Å². The lowest BCUT2D eigenvalue weighted by Gasteiger charge is -2.12. The van der Waals surface area contributed by atoms with Crippen molar-refractivity contribution in [1.29, 1.82) is 0 Å². The second-order valence-electron chi connectivity index (χ2n) is 4.71. The van der Waals surface area contributed by atoms with Gasteiger partial charge in [0, 0.05) is 16.6 Å². The molecule has 0 saturated carbocycles. The standard InChI is InChI=1S/C17H18BrNO3/c18-15-6-7-16(22-12-13-4-2-1-3-5-13)14(10-15)11-17(20)21-9-8-19/h1-7,10H,8-9,11-12,19H2. The fourth-order valence-corrected chi connectivity index (χ4v) is 2.35. The highest BCUT2D eigenvalue weighted by Crippen LogP contribution is 2.25. The summed E-state index contributed by atoms with van der Waals surface area (Å²) in [6.07, 6.45) is 0.156. The largest absolute Gasteiger partial charge is 0.489 e. The van der Waals surface area contributed by atoms with Crippen LogP contribution >= 0.6 is 15.9 Å². The number of esters is 1. The Morgan fingerprint density at radius 1 is 1.14 bits per heavy atom. The first-order valence-corrected chi connectivity index (χ1v) is 7.79. The van der Waals surface area contributed by atoms with Crippen molar-refractivity contribution in [3.05, 3.63) is 64.1 Å². The molecule has 22 heavy (non-hydrogen) atoms. The van der Waals surface area contributed by atoms with Crippen molar-refractivity contribution in [3.8, 4) is 5.75 Å². The average Bonchev–Trinajstić information content (AvgIpc) is 2.53. The maximum atomic E-state index is 11.8. The fraction of sp³-hybridized carbons (Fsp3) is 0.235. The molecule has 2 rings (SSSR count). The van der Waals surface area contributed by atoms with Gasteiger partial charge in [-0.2, -0.15) is 0 Å². The van der Waals surface area contributed by atoms with E-state index in [1.807, 2.05) is 48.5 Å². The highest BCUT2D eigenvalue weighted by atomic mass is 79.9. The molecule has 4 nitrogen and oxygen atoms in total. The lowest BCUT2D eigenvalue weighted by atomic mass is 10.1. The summed E-state index contributed by atoms with van der Waals surface area (Å²) in [6, 6.07) is 15.5. The molecule has 0 unspecified atom stereocenters. The maximum Gasteiger partial charge on any atom is 0.310 e. The van der Waals surface area contributed by atoms with Crippen molar-refractivity contribution in [2.24, 2.45) is 5.73 Å². The van der Waals surface area contributed by atoms with Crippen LogP contribution in [0.1, 0.15) is 11.1 Å². The molecule has 0 atom stereocenters. The number of hydrogen-bond acceptors (Lipinski definition) is 4. The minimum absolute atomic E-state index is 0.156. The van der Waals surface area contributed by atoms with Gasteiger partial charge in [0.25, 0.3) is 0 Å². The SMILES string of the molecule is NCCOC(=O)Cc1cc(Br)ccc1OCc1ccccc1. The van der Waals surface area contributed by atoms with E-state index in [9.17, 15) is 4.79 Å². The molecule has 2 aromatic carbocycles. The second kappa shape index (κ2) is 8.56. The van der Waals surface area contributed by atoms with Crippen LogP contribution in [0.2, 0.25) is 0 Å². The zero-order valence-corrected chi connectivity index (χ0v) is 13.7. The van der Waals surface area contributed by atoms with E-state index in [2.05, 4.69) is 15.9 Å². The predicted molar refractivity (Wildman–Crippen MR) is 88.6 cm³/mol. The van der Waals surface area contributed by atoms with Gasteiger partial charge in [0.15, 0.2) is 0 Å². The maximum absolute atomic E-state index is 11.8. The first kappa shape index (κ1) is 16.5. The summed E-state index contributed by atoms with van der Waals surface area (Å²) in [5, 5.41) is 0. The number of halogens is 1. The minimum atomic E-state index is -0.312. The number of rotatable bonds is 7. The number of hydrogen-bond donors (Lipinski definition) is 1. The molecule has 0 radical (unpaired) electrons. The molecular formula is C17H18BrNO3. The fourth-order valence-electron chi connectivity index (χ4n) is 1.94. The molecule has 0 aliphatic carbocycles. The second-order valence-corrected chi connectivity index (χ2v) is 5.63. The Balaban J connectivity index is 2.05. The third kappa shape index (κ3) is 5.16. The first-order chi connectivity index (χ1) is 10.7. The summed E-state index contributed by atoms with van der Waals surface area (Å²) in [6.45, 7) is 1.00. The van der Waals surface area contributed by atoms with E-state index < -0.39 is 0 Å². The zero-order valence-electron chi connectivity index (χ0n) is 12.1. The highest BCUT2D eigenvalue weighted by Gasteiger charge is 2.11. The van der Waals surface area contributed by atoms with Crippen LogP contribution in [0.25, 0.3) is 0 Å². The van der Waals surface area contributed by atoms with Gasteiger partial charge in [-0.15, -0.1) is 0 Å². The Labute approximate surface area is 138 Å². The van der Waals surface area contributed by atoms with E-state index in [1.54, 1.807) is 0 Å². The topological polar surface area (TPSA) is 61.5 Å². The van der Waals surface area contributed by atoms with Gasteiger partial charge < -0.3 is 15.2 Å². The molecule has 0 aliphatic rings. The van der Waals surface area contributed by atoms with Gasteiger partial charge in [-0.25, -0.2) is 0 Å². The van der Waals surface area contributed by atoms with Gasteiger partial charge in [0.1, 0.15) is 19.0 Å². The van der Waals surface area contributed by atoms with E-state index in [-0.39, 0.29) is 19.0 Å². The molecule has 0 bridgehead atoms. The van der Waals surface area contributed by atoms with Crippen LogP contribution in [-0.4, -0.2) is 19.1 Å². The Kier molecular flexibility index (Phi) is 6.43. The molecule has 0 spiro atoms. The summed E-state index contributed by atoms with van der Waals surface area (Å²) in [5.74, 6) is 0.366. The molecule has 0 aromatic heterocycles. The van der Waals surface area contributed by atoms with Gasteiger partial charge in [-0.05, 0) is 23.8 Å². The van der Waals surface area contributed by atoms with Gasteiger partial charge in [0.05, 0.1) is 6.42 Å². The molecular weight excluding hydrogens is 346 g/mol. The molecule has 0 aliphatic heterocycles. The van der Waals surface area contributed by atoms with E-state index in [4.69, 9.17) is 15.2 Å². The van der Waals surface area contributed by atoms with E-state index >= 15 is 0 Å². The van der Waals surface area contributed by atoms with E-state index in [1.165, 1.54) is 0 Å². The van der Waals surface area contributed by atoms with Crippen molar-refractivity contribution >= 4 is 21.9 Å². The smallest absolute Gasteiger partial charge is 0.310 e. The zero-order chi connectivity index (χ0) is 15.8. The summed E-state index contributed by atoms with van der Waals surface area (Å²) in [4.78, 5) is 11.8. The van der Waals surface area contributed by atoms with E-state index in [0.717, 1.165) is 15.6 Å². The number of nitrogens with two attached hydrogens (primary N) is 1. The van der Waals surface area contributed by atoms with Gasteiger partial charge >= 0.3 is 5.97 Å². The van der Waals surface area contributed by atoms with Crippen LogP contribution in [-0.2, 0) is 22.6 Å². The lowest BCUT2D eigenvalue weighted by molar-refractivity contribution is -0.142. The molecule has 2 N–H and O–H groups in total. The van der Waals surface area contributed by atoms with Crippen LogP contribution in [0.5, 0.6) is 5.75 Å². The van der Waals surface area contributed by atoms with Crippen molar-refractivity contribution in [2.75, 3.05) is 13.2 Å². The highest BCUT2D eigenvalue weighted by molar-refractivity contribution is 9.10. The molecule has 0 amide bonds. The summed E-state index contributed by atoms with van der Waals surface area (Å²) in [7, 11) is 0. The number of carbonyl (C=O) groups is 1. The quantitative estimate of drug-likeness (QED) is 0.767. The normalized spacial score (nSPS) is 10.3. The molecule has 0 heterocycles. The van der Waals surface area contributed by atoms with Crippen LogP contribution in [0.15, 0.2) is 53.0 Å². The van der Waals surface area contributed by atoms with Crippen LogP contribution < -0.4 is 10.5 Å². The van der Waals surface area contributed by atoms with Crippen LogP contribution in [0, 0.1) is 0 Å². The van der Waals surface area contributed by atoms with Crippen molar-refractivity contribution in [3.63, 3.8) is 0 Å². The monoisotopic (exact) mass is 363 g/mol. The molecule has 0 saturated heterocycles. The summed E-state index contributed by atoms with van der Waals surface area (Å²) >= 11 is 3.41. The Morgan fingerprint density at radius 2 is 1.91 bits per heavy atom. The summed E-state index contributed by atoms with van der Waals surface area (Å²) < 4.78 is 11.7. The molecule has 0 fully saturated rings. The van der Waals surface area contributed by atoms with Crippen molar-refractivity contribution in [2.45, 2.75) is 13.0 Å². The first-order valence-electron chi connectivity index (χ1n) is 7.00. The molecule has 2 aromatic rings. The summed E-state index contributed by atoms with van der Waals surface area (Å²) in [5.41, 5.74) is 7.18. The molecule has 116 valence electrons. The predicted octanol–water partition coefficient (Wildman–Crippen LogP) is 3.07. The third-order valence-corrected chi connectivity index (χ3v) is 3.47. The Bertz CT molecular complexity index is 617. The van der Waals surface area contributed by atoms with Crippen LogP contribution in [0.3, 0.4) is 0 Å². The van der Waals surface area contributed by atoms with Gasteiger partial charge in [-0.1, -0.05) is 46.3 Å². The Hall–Kier alpha value is -1.85. The van der Waals surface area contributed by atoms with Gasteiger partial charge in [-0.3, -0.25) is 4.79 Å². The number of ether oxygens (including phenoxy) is 2. The average molecular weight is 364 g/mol. The Morgan fingerprint density at radius 3 is 2.64 bits per heavy atom. The third-order valence-electron chi connectivity index (χ3n) is 2.98. The van der Waals surface area contributed by atoms with Crippen molar-refractivity contribution in [1.82, 2.24) is 0 Å².